The lowest BCUT2D eigenvalue weighted by Crippen LogP contribution is -2.60. The number of nitrogens with zero attached hydrogens (tertiary/aromatic N) is 1. The zero-order valence-electron chi connectivity index (χ0n) is 15.3. The first-order valence-corrected chi connectivity index (χ1v) is 10.5. The van der Waals surface area contributed by atoms with Crippen molar-refractivity contribution in [3.8, 4) is 0 Å². The van der Waals surface area contributed by atoms with Gasteiger partial charge in [-0.1, -0.05) is 55.8 Å². The average molecular weight is 388 g/mol. The van der Waals surface area contributed by atoms with Gasteiger partial charge in [-0.2, -0.15) is 4.31 Å². The van der Waals surface area contributed by atoms with Crippen LogP contribution in [-0.4, -0.2) is 37.9 Å². The quantitative estimate of drug-likeness (QED) is 0.791. The fourth-order valence-corrected chi connectivity index (χ4v) is 4.45. The highest BCUT2D eigenvalue weighted by Crippen LogP contribution is 2.22. The van der Waals surface area contributed by atoms with Crippen LogP contribution in [0.15, 0.2) is 59.5 Å². The number of carbonyl (C=O) groups is 1. The molecule has 1 saturated heterocycles. The monoisotopic (exact) mass is 388 g/mol. The number of alkyl carbamates (subject to hydrolysis) is 1. The van der Waals surface area contributed by atoms with Crippen LogP contribution in [0.3, 0.4) is 0 Å². The molecule has 3 rings (SSSR count). The number of aryl methyl sites for hydroxylation is 1. The van der Waals surface area contributed by atoms with Crippen LogP contribution in [0.1, 0.15) is 24.5 Å². The summed E-state index contributed by atoms with van der Waals surface area (Å²) in [4.78, 5) is 12.1. The summed E-state index contributed by atoms with van der Waals surface area (Å²) < 4.78 is 31.7. The molecule has 0 atom stereocenters. The standard InChI is InChI=1S/C20H24N2O4S/c1-2-6-16-9-11-19(12-10-16)27(24,25)22-13-18(14-22)21-20(23)26-15-17-7-4-3-5-8-17/h3-5,7-12,18H,2,6,13-15H2,1H3,(H,21,23). The summed E-state index contributed by atoms with van der Waals surface area (Å²) in [6, 6.07) is 16.2. The van der Waals surface area contributed by atoms with Crippen LogP contribution in [0.25, 0.3) is 0 Å². The van der Waals surface area contributed by atoms with Gasteiger partial charge in [0.2, 0.25) is 10.0 Å². The third-order valence-corrected chi connectivity index (χ3v) is 6.33. The molecular formula is C20H24N2O4S. The van der Waals surface area contributed by atoms with Crippen molar-refractivity contribution in [3.05, 3.63) is 65.7 Å². The van der Waals surface area contributed by atoms with Crippen LogP contribution in [-0.2, 0) is 27.8 Å². The predicted octanol–water partition coefficient (Wildman–Crippen LogP) is 2.94. The normalized spacial score (nSPS) is 15.1. The highest BCUT2D eigenvalue weighted by molar-refractivity contribution is 7.89. The number of nitrogens with one attached hydrogen (secondary N) is 1. The number of carbonyl (C=O) groups excluding carboxylic acids is 1. The van der Waals surface area contributed by atoms with E-state index in [1.54, 1.807) is 12.1 Å². The van der Waals surface area contributed by atoms with Crippen molar-refractivity contribution in [3.63, 3.8) is 0 Å². The maximum absolute atomic E-state index is 12.6. The highest BCUT2D eigenvalue weighted by Gasteiger charge is 2.37. The summed E-state index contributed by atoms with van der Waals surface area (Å²) >= 11 is 0. The van der Waals surface area contributed by atoms with Crippen molar-refractivity contribution < 1.29 is 17.9 Å². The minimum absolute atomic E-state index is 0.186. The van der Waals surface area contributed by atoms with Gasteiger partial charge in [0.05, 0.1) is 10.9 Å². The Bertz CT molecular complexity index is 861. The molecule has 1 heterocycles. The van der Waals surface area contributed by atoms with Crippen molar-refractivity contribution in [2.24, 2.45) is 0 Å². The van der Waals surface area contributed by atoms with Gasteiger partial charge in [-0.05, 0) is 29.7 Å². The molecule has 7 heteroatoms. The van der Waals surface area contributed by atoms with Gasteiger partial charge in [-0.25, -0.2) is 13.2 Å². The minimum Gasteiger partial charge on any atom is -0.445 e. The van der Waals surface area contributed by atoms with Gasteiger partial charge in [0.1, 0.15) is 6.61 Å². The second-order valence-corrected chi connectivity index (χ2v) is 8.56. The molecule has 27 heavy (non-hydrogen) atoms. The molecular weight excluding hydrogens is 364 g/mol. The lowest BCUT2D eigenvalue weighted by molar-refractivity contribution is 0.123. The van der Waals surface area contributed by atoms with E-state index in [0.29, 0.717) is 0 Å². The number of sulfonamides is 1. The third kappa shape index (κ3) is 4.87. The Morgan fingerprint density at radius 1 is 1.07 bits per heavy atom. The highest BCUT2D eigenvalue weighted by atomic mass is 32.2. The Morgan fingerprint density at radius 2 is 1.74 bits per heavy atom. The smallest absolute Gasteiger partial charge is 0.407 e. The first-order chi connectivity index (χ1) is 13.0. The Balaban J connectivity index is 1.47. The SMILES string of the molecule is CCCc1ccc(S(=O)(=O)N2CC(NC(=O)OCc3ccccc3)C2)cc1. The van der Waals surface area contributed by atoms with Gasteiger partial charge in [-0.15, -0.1) is 0 Å². The van der Waals surface area contributed by atoms with E-state index in [1.807, 2.05) is 42.5 Å². The van der Waals surface area contributed by atoms with Crippen molar-refractivity contribution in [1.29, 1.82) is 0 Å². The van der Waals surface area contributed by atoms with Crippen LogP contribution in [0.4, 0.5) is 4.79 Å². The molecule has 2 aromatic carbocycles. The van der Waals surface area contributed by atoms with E-state index < -0.39 is 16.1 Å². The van der Waals surface area contributed by atoms with Gasteiger partial charge in [0.25, 0.3) is 0 Å². The molecule has 0 spiro atoms. The van der Waals surface area contributed by atoms with Crippen molar-refractivity contribution in [1.82, 2.24) is 9.62 Å². The number of hydrogen-bond acceptors (Lipinski definition) is 4. The van der Waals surface area contributed by atoms with Crippen LogP contribution in [0.2, 0.25) is 0 Å². The lowest BCUT2D eigenvalue weighted by atomic mass is 10.1. The van der Waals surface area contributed by atoms with Crippen LogP contribution in [0.5, 0.6) is 0 Å². The molecule has 1 aliphatic heterocycles. The van der Waals surface area contributed by atoms with E-state index in [1.165, 1.54) is 4.31 Å². The minimum atomic E-state index is -3.52. The van der Waals surface area contributed by atoms with Gasteiger partial charge >= 0.3 is 6.09 Å². The van der Waals surface area contributed by atoms with Gasteiger partial charge in [-0.3, -0.25) is 0 Å². The second-order valence-electron chi connectivity index (χ2n) is 6.62. The molecule has 1 N–H and O–H groups in total. The van der Waals surface area contributed by atoms with E-state index in [9.17, 15) is 13.2 Å². The van der Waals surface area contributed by atoms with Gasteiger partial charge < -0.3 is 10.1 Å². The molecule has 2 aromatic rings. The molecule has 0 saturated carbocycles. The lowest BCUT2D eigenvalue weighted by Gasteiger charge is -2.38. The van der Waals surface area contributed by atoms with Crippen molar-refractivity contribution >= 4 is 16.1 Å². The Morgan fingerprint density at radius 3 is 2.37 bits per heavy atom. The summed E-state index contributed by atoms with van der Waals surface area (Å²) in [5.41, 5.74) is 2.03. The number of benzene rings is 2. The molecule has 144 valence electrons. The van der Waals surface area contributed by atoms with Gasteiger partial charge in [0, 0.05) is 13.1 Å². The number of ether oxygens (including phenoxy) is 1. The zero-order valence-corrected chi connectivity index (χ0v) is 16.1. The number of amides is 1. The fourth-order valence-electron chi connectivity index (χ4n) is 2.92. The second kappa shape index (κ2) is 8.54. The van der Waals surface area contributed by atoms with Crippen LogP contribution >= 0.6 is 0 Å². The molecule has 0 bridgehead atoms. The summed E-state index contributed by atoms with van der Waals surface area (Å²) in [5.74, 6) is 0. The largest absolute Gasteiger partial charge is 0.445 e. The molecule has 1 aliphatic rings. The predicted molar refractivity (Wildman–Crippen MR) is 103 cm³/mol. The van der Waals surface area contributed by atoms with E-state index in [2.05, 4.69) is 12.2 Å². The number of hydrogen-bond donors (Lipinski definition) is 1. The average Bonchev–Trinajstić information content (AvgIpc) is 2.64. The van der Waals surface area contributed by atoms with Crippen molar-refractivity contribution in [2.45, 2.75) is 37.3 Å². The Labute approximate surface area is 160 Å². The molecule has 0 unspecified atom stereocenters. The summed E-state index contributed by atoms with van der Waals surface area (Å²) in [5, 5.41) is 2.70. The molecule has 6 nitrogen and oxygen atoms in total. The summed E-state index contributed by atoms with van der Waals surface area (Å²) in [7, 11) is -3.52. The van der Waals surface area contributed by atoms with Crippen LogP contribution < -0.4 is 5.32 Å². The van der Waals surface area contributed by atoms with E-state index >= 15 is 0 Å². The summed E-state index contributed by atoms with van der Waals surface area (Å²) in [6.07, 6.45) is 1.41. The molecule has 1 fully saturated rings. The molecule has 0 radical (unpaired) electrons. The van der Waals surface area contributed by atoms with E-state index in [-0.39, 0.29) is 30.6 Å². The third-order valence-electron chi connectivity index (χ3n) is 4.48. The first-order valence-electron chi connectivity index (χ1n) is 9.05. The maximum Gasteiger partial charge on any atom is 0.407 e. The Kier molecular flexibility index (Phi) is 6.13. The maximum atomic E-state index is 12.6. The topological polar surface area (TPSA) is 75.7 Å². The first kappa shape index (κ1) is 19.4. The zero-order chi connectivity index (χ0) is 19.3. The molecule has 0 aliphatic carbocycles. The van der Waals surface area contributed by atoms with Crippen LogP contribution in [0, 0.1) is 0 Å². The van der Waals surface area contributed by atoms with Gasteiger partial charge in [0.15, 0.2) is 0 Å². The van der Waals surface area contributed by atoms with Crippen molar-refractivity contribution in [2.75, 3.05) is 13.1 Å². The molecule has 0 aromatic heterocycles. The number of rotatable bonds is 7. The Hall–Kier alpha value is -2.38. The molecule has 1 amide bonds. The summed E-state index contributed by atoms with van der Waals surface area (Å²) in [6.45, 7) is 2.77. The van der Waals surface area contributed by atoms with E-state index in [4.69, 9.17) is 4.74 Å². The van der Waals surface area contributed by atoms with E-state index in [0.717, 1.165) is 24.0 Å². The fraction of sp³-hybridized carbons (Fsp3) is 0.350.